The van der Waals surface area contributed by atoms with Crippen LogP contribution in [0.25, 0.3) is 0 Å². The first kappa shape index (κ1) is 16.3. The van der Waals surface area contributed by atoms with E-state index in [9.17, 15) is 0 Å². The summed E-state index contributed by atoms with van der Waals surface area (Å²) in [5.74, 6) is 0.891. The van der Waals surface area contributed by atoms with Gasteiger partial charge in [-0.25, -0.2) is 0 Å². The lowest BCUT2D eigenvalue weighted by Crippen LogP contribution is -2.23. The number of benzene rings is 2. The zero-order chi connectivity index (χ0) is 15.2. The number of ether oxygens (including phenoxy) is 1. The summed E-state index contributed by atoms with van der Waals surface area (Å²) < 4.78 is 6.66. The van der Waals surface area contributed by atoms with Crippen LogP contribution in [0.4, 0.5) is 0 Å². The van der Waals surface area contributed by atoms with Crippen molar-refractivity contribution in [2.45, 2.75) is 19.9 Å². The van der Waals surface area contributed by atoms with Gasteiger partial charge >= 0.3 is 0 Å². The normalized spacial score (nSPS) is 12.2. The standard InChI is InChI=1S/C17H19BrClNO/c1-3-20-17(13-9-7-10-14(18)16(13)19)12-8-5-6-11-15(12)21-4-2/h5-11,17,20H,3-4H2,1-2H3. The third kappa shape index (κ3) is 3.79. The van der Waals surface area contributed by atoms with Crippen LogP contribution in [0.3, 0.4) is 0 Å². The predicted molar refractivity (Wildman–Crippen MR) is 92.3 cm³/mol. The number of halogens is 2. The number of nitrogens with one attached hydrogen (secondary N) is 1. The van der Waals surface area contributed by atoms with Crippen molar-refractivity contribution >= 4 is 27.5 Å². The molecule has 0 saturated heterocycles. The molecule has 0 bridgehead atoms. The highest BCUT2D eigenvalue weighted by Crippen LogP contribution is 2.36. The van der Waals surface area contributed by atoms with E-state index in [1.165, 1.54) is 0 Å². The van der Waals surface area contributed by atoms with E-state index in [1.54, 1.807) is 0 Å². The van der Waals surface area contributed by atoms with Gasteiger partial charge in [0.15, 0.2) is 0 Å². The van der Waals surface area contributed by atoms with Gasteiger partial charge in [0.2, 0.25) is 0 Å². The van der Waals surface area contributed by atoms with Crippen molar-refractivity contribution in [2.24, 2.45) is 0 Å². The van der Waals surface area contributed by atoms with Gasteiger partial charge in [-0.2, -0.15) is 0 Å². The van der Waals surface area contributed by atoms with Crippen molar-refractivity contribution in [1.82, 2.24) is 5.32 Å². The maximum atomic E-state index is 6.48. The highest BCUT2D eigenvalue weighted by molar-refractivity contribution is 9.10. The van der Waals surface area contributed by atoms with Crippen molar-refractivity contribution in [3.8, 4) is 5.75 Å². The molecule has 2 nitrogen and oxygen atoms in total. The minimum Gasteiger partial charge on any atom is -0.494 e. The minimum atomic E-state index is 0.00255. The fourth-order valence-corrected chi connectivity index (χ4v) is 2.96. The molecule has 0 heterocycles. The second-order valence-corrected chi connectivity index (χ2v) is 5.84. The molecular formula is C17H19BrClNO. The van der Waals surface area contributed by atoms with Crippen LogP contribution >= 0.6 is 27.5 Å². The van der Waals surface area contributed by atoms with Crippen molar-refractivity contribution < 1.29 is 4.74 Å². The molecule has 2 rings (SSSR count). The van der Waals surface area contributed by atoms with Crippen LogP contribution in [-0.4, -0.2) is 13.2 Å². The van der Waals surface area contributed by atoms with Gasteiger partial charge in [-0.3, -0.25) is 0 Å². The van der Waals surface area contributed by atoms with E-state index in [4.69, 9.17) is 16.3 Å². The maximum absolute atomic E-state index is 6.48. The van der Waals surface area contributed by atoms with E-state index in [-0.39, 0.29) is 6.04 Å². The molecule has 2 aromatic rings. The molecular weight excluding hydrogens is 350 g/mol. The first-order valence-electron chi connectivity index (χ1n) is 7.08. The molecule has 0 amide bonds. The maximum Gasteiger partial charge on any atom is 0.124 e. The molecule has 2 aromatic carbocycles. The third-order valence-electron chi connectivity index (χ3n) is 3.23. The average molecular weight is 369 g/mol. The number of hydrogen-bond acceptors (Lipinski definition) is 2. The highest BCUT2D eigenvalue weighted by Gasteiger charge is 2.20. The van der Waals surface area contributed by atoms with Crippen LogP contribution in [0.15, 0.2) is 46.9 Å². The molecule has 1 atom stereocenters. The van der Waals surface area contributed by atoms with Gasteiger partial charge in [0.25, 0.3) is 0 Å². The van der Waals surface area contributed by atoms with Crippen LogP contribution < -0.4 is 10.1 Å². The first-order valence-corrected chi connectivity index (χ1v) is 8.25. The van der Waals surface area contributed by atoms with E-state index in [0.29, 0.717) is 6.61 Å². The predicted octanol–water partition coefficient (Wildman–Crippen LogP) is 5.20. The summed E-state index contributed by atoms with van der Waals surface area (Å²) >= 11 is 9.97. The summed E-state index contributed by atoms with van der Waals surface area (Å²) in [6.07, 6.45) is 0. The van der Waals surface area contributed by atoms with Crippen molar-refractivity contribution in [3.63, 3.8) is 0 Å². The lowest BCUT2D eigenvalue weighted by Gasteiger charge is -2.23. The zero-order valence-corrected chi connectivity index (χ0v) is 14.5. The quantitative estimate of drug-likeness (QED) is 0.756. The molecule has 4 heteroatoms. The second-order valence-electron chi connectivity index (χ2n) is 4.60. The molecule has 0 saturated carbocycles. The summed E-state index contributed by atoms with van der Waals surface area (Å²) in [7, 11) is 0. The average Bonchev–Trinajstić information content (AvgIpc) is 2.49. The lowest BCUT2D eigenvalue weighted by molar-refractivity contribution is 0.333. The summed E-state index contributed by atoms with van der Waals surface area (Å²) in [5.41, 5.74) is 2.14. The summed E-state index contributed by atoms with van der Waals surface area (Å²) in [6, 6.07) is 14.1. The van der Waals surface area contributed by atoms with E-state index in [2.05, 4.69) is 34.2 Å². The Hall–Kier alpha value is -1.03. The SMILES string of the molecule is CCNC(c1ccccc1OCC)c1cccc(Br)c1Cl. The molecule has 0 aliphatic heterocycles. The van der Waals surface area contributed by atoms with Gasteiger partial charge in [-0.15, -0.1) is 0 Å². The highest BCUT2D eigenvalue weighted by atomic mass is 79.9. The molecule has 0 radical (unpaired) electrons. The summed E-state index contributed by atoms with van der Waals surface area (Å²) in [5, 5.41) is 4.23. The van der Waals surface area contributed by atoms with Crippen LogP contribution in [0.1, 0.15) is 31.0 Å². The zero-order valence-electron chi connectivity index (χ0n) is 12.2. The van der Waals surface area contributed by atoms with E-state index < -0.39 is 0 Å². The number of hydrogen-bond donors (Lipinski definition) is 1. The lowest BCUT2D eigenvalue weighted by atomic mass is 9.97. The topological polar surface area (TPSA) is 21.3 Å². The second kappa shape index (κ2) is 7.83. The van der Waals surface area contributed by atoms with E-state index >= 15 is 0 Å². The smallest absolute Gasteiger partial charge is 0.124 e. The molecule has 0 aliphatic carbocycles. The first-order chi connectivity index (χ1) is 10.2. The van der Waals surface area contributed by atoms with Crippen molar-refractivity contribution in [3.05, 3.63) is 63.1 Å². The van der Waals surface area contributed by atoms with Gasteiger partial charge in [-0.05, 0) is 47.1 Å². The minimum absolute atomic E-state index is 0.00255. The fourth-order valence-electron chi connectivity index (χ4n) is 2.34. The Morgan fingerprint density at radius 3 is 2.52 bits per heavy atom. The molecule has 0 spiro atoms. The van der Waals surface area contributed by atoms with Crippen LogP contribution in [0, 0.1) is 0 Å². The third-order valence-corrected chi connectivity index (χ3v) is 4.54. The Morgan fingerprint density at radius 1 is 1.10 bits per heavy atom. The van der Waals surface area contributed by atoms with Gasteiger partial charge in [0.1, 0.15) is 5.75 Å². The Morgan fingerprint density at radius 2 is 1.81 bits per heavy atom. The summed E-state index contributed by atoms with van der Waals surface area (Å²) in [4.78, 5) is 0. The van der Waals surface area contributed by atoms with Crippen LogP contribution in [-0.2, 0) is 0 Å². The van der Waals surface area contributed by atoms with Crippen LogP contribution in [0.2, 0.25) is 5.02 Å². The van der Waals surface area contributed by atoms with Crippen molar-refractivity contribution in [2.75, 3.05) is 13.2 Å². The van der Waals surface area contributed by atoms with Gasteiger partial charge in [-0.1, -0.05) is 48.9 Å². The molecule has 1 N–H and O–H groups in total. The fraction of sp³-hybridized carbons (Fsp3) is 0.294. The van der Waals surface area contributed by atoms with Gasteiger partial charge in [0, 0.05) is 10.0 Å². The molecule has 0 aliphatic rings. The molecule has 1 unspecified atom stereocenters. The number of para-hydroxylation sites is 1. The number of rotatable bonds is 6. The largest absolute Gasteiger partial charge is 0.494 e. The van der Waals surface area contributed by atoms with Gasteiger partial charge < -0.3 is 10.1 Å². The van der Waals surface area contributed by atoms with E-state index in [0.717, 1.165) is 32.9 Å². The van der Waals surface area contributed by atoms with E-state index in [1.807, 2.05) is 43.3 Å². The Labute approximate surface area is 139 Å². The Kier molecular flexibility index (Phi) is 6.09. The molecule has 0 aromatic heterocycles. The van der Waals surface area contributed by atoms with Crippen molar-refractivity contribution in [1.29, 1.82) is 0 Å². The van der Waals surface area contributed by atoms with Gasteiger partial charge in [0.05, 0.1) is 17.7 Å². The molecule has 21 heavy (non-hydrogen) atoms. The molecule has 0 fully saturated rings. The Bertz CT molecular complexity index is 603. The monoisotopic (exact) mass is 367 g/mol. The summed E-state index contributed by atoms with van der Waals surface area (Å²) in [6.45, 7) is 5.56. The Balaban J connectivity index is 2.51. The molecule has 112 valence electrons. The van der Waals surface area contributed by atoms with Crippen LogP contribution in [0.5, 0.6) is 5.75 Å².